The van der Waals surface area contributed by atoms with Crippen molar-refractivity contribution in [3.8, 4) is 5.75 Å². The molecule has 1 saturated carbocycles. The summed E-state index contributed by atoms with van der Waals surface area (Å²) in [6.07, 6.45) is 8.44. The van der Waals surface area contributed by atoms with Gasteiger partial charge in [0.15, 0.2) is 0 Å². The first-order valence-corrected chi connectivity index (χ1v) is 21.5. The summed E-state index contributed by atoms with van der Waals surface area (Å²) in [5.41, 5.74) is 3.37. The predicted molar refractivity (Wildman–Crippen MR) is 210 cm³/mol. The second-order valence-electron chi connectivity index (χ2n) is 15.4. The third-order valence-electron chi connectivity index (χ3n) is 11.3. The quantitative estimate of drug-likeness (QED) is 0.366. The molecule has 0 aromatic heterocycles. The molecule has 1 aliphatic carbocycles. The van der Waals surface area contributed by atoms with Gasteiger partial charge in [0.05, 0.1) is 50.5 Å². The number of urea groups is 1. The van der Waals surface area contributed by atoms with Crippen molar-refractivity contribution in [1.82, 2.24) is 14.5 Å². The number of methoxy groups -OCH3 is 1. The van der Waals surface area contributed by atoms with Gasteiger partial charge in [-0.1, -0.05) is 36.7 Å². The number of carbonyl (C=O) groups excluding carboxylic acids is 3. The highest BCUT2D eigenvalue weighted by Gasteiger charge is 2.39. The highest BCUT2D eigenvalue weighted by Crippen LogP contribution is 2.42. The molecule has 7 rings (SSSR count). The molecule has 55 heavy (non-hydrogen) atoms. The van der Waals surface area contributed by atoms with Crippen LogP contribution in [0.25, 0.3) is 0 Å². The molecule has 3 fully saturated rings. The molecule has 2 bridgehead atoms. The van der Waals surface area contributed by atoms with E-state index in [0.717, 1.165) is 43.4 Å². The first-order chi connectivity index (χ1) is 26.6. The molecule has 0 radical (unpaired) electrons. The molecule has 2 aromatic rings. The van der Waals surface area contributed by atoms with Crippen LogP contribution >= 0.6 is 11.6 Å². The van der Waals surface area contributed by atoms with E-state index in [9.17, 15) is 18.6 Å². The van der Waals surface area contributed by atoms with Crippen molar-refractivity contribution in [2.75, 3.05) is 70.3 Å². The number of nitrogens with zero attached hydrogens (tertiary/aromatic N) is 4. The fraction of sp³-hybridized carbons (Fsp3) is 0.575. The summed E-state index contributed by atoms with van der Waals surface area (Å²) in [6.45, 7) is 5.82. The number of morpholine rings is 1. The molecule has 15 heteroatoms. The Bertz CT molecular complexity index is 1890. The molecule has 2 aromatic carbocycles. The van der Waals surface area contributed by atoms with Crippen molar-refractivity contribution in [2.24, 2.45) is 22.1 Å². The Kier molecular flexibility index (Phi) is 12.5. The second kappa shape index (κ2) is 17.5. The highest BCUT2D eigenvalue weighted by atomic mass is 35.5. The molecule has 0 spiro atoms. The summed E-state index contributed by atoms with van der Waals surface area (Å²) in [7, 11) is -1.85. The molecule has 298 valence electrons. The Balaban J connectivity index is 1.18. The zero-order valence-electron chi connectivity index (χ0n) is 31.7. The molecule has 5 aliphatic rings. The molecule has 5 atom stereocenters. The van der Waals surface area contributed by atoms with E-state index in [1.165, 1.54) is 10.5 Å². The normalized spacial score (nSPS) is 28.4. The minimum absolute atomic E-state index is 0.0403. The number of anilines is 1. The van der Waals surface area contributed by atoms with Crippen molar-refractivity contribution >= 4 is 45.2 Å². The summed E-state index contributed by atoms with van der Waals surface area (Å²) < 4.78 is 44.8. The summed E-state index contributed by atoms with van der Waals surface area (Å²) in [5.74, 6) is 0.391. The number of ether oxygens (including phenoxy) is 4. The smallest absolute Gasteiger partial charge is 0.410 e. The maximum atomic E-state index is 14.6. The Morgan fingerprint density at radius 3 is 2.58 bits per heavy atom. The van der Waals surface area contributed by atoms with Crippen LogP contribution in [0.15, 0.2) is 52.9 Å². The number of hydrogen-bond acceptors (Lipinski definition) is 9. The molecular formula is C40H52ClN5O8S. The van der Waals surface area contributed by atoms with Crippen LogP contribution in [-0.4, -0.2) is 110 Å². The lowest BCUT2D eigenvalue weighted by molar-refractivity contribution is -0.0246. The van der Waals surface area contributed by atoms with Gasteiger partial charge in [0, 0.05) is 43.9 Å². The van der Waals surface area contributed by atoms with Gasteiger partial charge in [-0.15, -0.1) is 4.36 Å². The number of fused-ring (bicyclic) bond motifs is 3. The second-order valence-corrected chi connectivity index (χ2v) is 17.8. The third-order valence-corrected chi connectivity index (χ3v) is 13.5. The fourth-order valence-corrected chi connectivity index (χ4v) is 10.1. The van der Waals surface area contributed by atoms with E-state index in [0.29, 0.717) is 75.0 Å². The zero-order valence-corrected chi connectivity index (χ0v) is 33.2. The zero-order chi connectivity index (χ0) is 38.5. The van der Waals surface area contributed by atoms with Crippen LogP contribution in [0.1, 0.15) is 60.5 Å². The van der Waals surface area contributed by atoms with Gasteiger partial charge in [0.1, 0.15) is 21.8 Å². The van der Waals surface area contributed by atoms with Gasteiger partial charge in [-0.3, -0.25) is 9.52 Å². The minimum atomic E-state index is -3.60. The summed E-state index contributed by atoms with van der Waals surface area (Å²) in [6, 6.07) is 10.7. The summed E-state index contributed by atoms with van der Waals surface area (Å²) >= 11 is 6.47. The van der Waals surface area contributed by atoms with Crippen LogP contribution in [0, 0.1) is 17.8 Å². The molecule has 1 unspecified atom stereocenters. The summed E-state index contributed by atoms with van der Waals surface area (Å²) in [5, 5.41) is 0.702. The average Bonchev–Trinajstić information content (AvgIpc) is 3.16. The lowest BCUT2D eigenvalue weighted by atomic mass is 9.70. The molecular weight excluding hydrogens is 746 g/mol. The number of rotatable bonds is 3. The van der Waals surface area contributed by atoms with Crippen LogP contribution in [-0.2, 0) is 37.1 Å². The van der Waals surface area contributed by atoms with Gasteiger partial charge in [-0.05, 0) is 97.7 Å². The first kappa shape index (κ1) is 39.4. The van der Waals surface area contributed by atoms with E-state index in [-0.39, 0.29) is 36.4 Å². The van der Waals surface area contributed by atoms with Crippen LogP contribution in [0.5, 0.6) is 5.75 Å². The van der Waals surface area contributed by atoms with E-state index in [2.05, 4.69) is 26.1 Å². The maximum absolute atomic E-state index is 14.6. The number of halogens is 1. The predicted octanol–water partition coefficient (Wildman–Crippen LogP) is 6.08. The highest BCUT2D eigenvalue weighted by molar-refractivity contribution is 7.92. The number of likely N-dealkylation sites (tertiary alicyclic amines) is 1. The topological polar surface area (TPSA) is 139 Å². The van der Waals surface area contributed by atoms with E-state index in [1.807, 2.05) is 25.1 Å². The largest absolute Gasteiger partial charge is 0.491 e. The number of hydrogen-bond donors (Lipinski definition) is 1. The standard InChI is InChI=1S/C40H52ClN5O8S/c1-27-6-5-8-36(51-2)34-13-10-31(34)23-45-22-30-9-12-32(41)20-28(30)7-3-4-17-53-37-14-11-29(21-35(37)45)38(47)42-55(50,26-27)43-39(48)46-24-33(25-46)54-40(49)44-15-18-52-19-16-44/h5,8-9,11-12,14,20-21,27,31,33-34,36H,3-4,6-7,10,13,15-19,22-26H2,1-2H3,(H,42,43,47,48,50)/b8-5+/t27-,31-,34+,36-,55?/m0/s1. The molecule has 4 aliphatic heterocycles. The van der Waals surface area contributed by atoms with Gasteiger partial charge >= 0.3 is 12.1 Å². The van der Waals surface area contributed by atoms with Gasteiger partial charge < -0.3 is 33.6 Å². The Labute approximate surface area is 328 Å². The van der Waals surface area contributed by atoms with E-state index in [1.54, 1.807) is 30.2 Å². The first-order valence-electron chi connectivity index (χ1n) is 19.4. The number of aryl methyl sites for hydroxylation is 1. The number of allylic oxidation sites excluding steroid dienone is 1. The maximum Gasteiger partial charge on any atom is 0.410 e. The van der Waals surface area contributed by atoms with E-state index >= 15 is 0 Å². The van der Waals surface area contributed by atoms with Crippen molar-refractivity contribution in [2.45, 2.75) is 64.2 Å². The fourth-order valence-electron chi connectivity index (χ4n) is 8.02. The Hall–Kier alpha value is -3.85. The van der Waals surface area contributed by atoms with Crippen LogP contribution in [0.4, 0.5) is 15.3 Å². The van der Waals surface area contributed by atoms with Crippen LogP contribution < -0.4 is 14.4 Å². The molecule has 4 heterocycles. The SMILES string of the molecule is CO[C@H]1/C=C/C[C@H](C)CS(=O)(NC(=O)N2CC(OC(=O)N3CCOCC3)C2)=NC(=O)c2ccc3c(c2)N(Cc2ccc(Cl)cc2CCCCO3)C[C@@H]2CC[C@H]21. The van der Waals surface area contributed by atoms with E-state index in [4.69, 9.17) is 30.5 Å². The molecule has 13 nitrogen and oxygen atoms in total. The van der Waals surface area contributed by atoms with E-state index < -0.39 is 34.1 Å². The number of benzene rings is 2. The van der Waals surface area contributed by atoms with Crippen molar-refractivity contribution in [1.29, 1.82) is 0 Å². The minimum Gasteiger partial charge on any atom is -0.491 e. The number of amides is 4. The van der Waals surface area contributed by atoms with Crippen LogP contribution in [0.3, 0.4) is 0 Å². The number of carbonyl (C=O) groups is 3. The van der Waals surface area contributed by atoms with Gasteiger partial charge in [0.2, 0.25) is 0 Å². The lowest BCUT2D eigenvalue weighted by Gasteiger charge is -2.43. The Morgan fingerprint density at radius 1 is 1.00 bits per heavy atom. The van der Waals surface area contributed by atoms with Gasteiger partial charge in [-0.25, -0.2) is 13.8 Å². The molecule has 1 N–H and O–H groups in total. The monoisotopic (exact) mass is 797 g/mol. The average molecular weight is 798 g/mol. The Morgan fingerprint density at radius 2 is 1.82 bits per heavy atom. The van der Waals surface area contributed by atoms with Crippen molar-refractivity contribution in [3.63, 3.8) is 0 Å². The third kappa shape index (κ3) is 9.58. The molecule has 4 amide bonds. The molecule has 2 saturated heterocycles. The number of nitrogens with one attached hydrogen (secondary N) is 1. The van der Waals surface area contributed by atoms with Crippen LogP contribution in [0.2, 0.25) is 5.02 Å². The summed E-state index contributed by atoms with van der Waals surface area (Å²) in [4.78, 5) is 45.4. The van der Waals surface area contributed by atoms with Gasteiger partial charge in [-0.2, -0.15) is 0 Å². The van der Waals surface area contributed by atoms with Gasteiger partial charge in [0.25, 0.3) is 5.91 Å². The van der Waals surface area contributed by atoms with Crippen molar-refractivity contribution < 1.29 is 37.5 Å². The van der Waals surface area contributed by atoms with Crippen molar-refractivity contribution in [3.05, 3.63) is 70.3 Å². The lowest BCUT2D eigenvalue weighted by Crippen LogP contribution is -2.60.